The molecule has 1 amide bonds. The molecule has 0 bridgehead atoms. The van der Waals surface area contributed by atoms with Crippen LogP contribution in [0.5, 0.6) is 5.75 Å². The van der Waals surface area contributed by atoms with Crippen LogP contribution in [0.2, 0.25) is 0 Å². The summed E-state index contributed by atoms with van der Waals surface area (Å²) in [5.74, 6) is 0.830. The van der Waals surface area contributed by atoms with E-state index in [1.807, 2.05) is 31.2 Å². The number of hydrogen-bond donors (Lipinski definition) is 2. The zero-order valence-corrected chi connectivity index (χ0v) is 14.1. The van der Waals surface area contributed by atoms with E-state index >= 15 is 0 Å². The molecule has 132 valence electrons. The van der Waals surface area contributed by atoms with E-state index in [2.05, 4.69) is 5.32 Å². The summed E-state index contributed by atoms with van der Waals surface area (Å²) in [5.41, 5.74) is 6.05. The van der Waals surface area contributed by atoms with E-state index in [1.165, 1.54) is 0 Å². The second-order valence-electron chi connectivity index (χ2n) is 6.05. The lowest BCUT2D eigenvalue weighted by molar-refractivity contribution is -0.145. The Labute approximate surface area is 142 Å². The zero-order valence-electron chi connectivity index (χ0n) is 14.1. The van der Waals surface area contributed by atoms with Gasteiger partial charge in [-0.2, -0.15) is 0 Å². The molecule has 1 aromatic carbocycles. The first-order valence-electron chi connectivity index (χ1n) is 8.47. The lowest BCUT2D eigenvalue weighted by Gasteiger charge is -2.08. The highest BCUT2D eigenvalue weighted by molar-refractivity contribution is 5.76. The number of nitrogens with two attached hydrogens (primary N) is 1. The van der Waals surface area contributed by atoms with Gasteiger partial charge in [0.1, 0.15) is 5.75 Å². The molecule has 2 rings (SSSR count). The lowest BCUT2D eigenvalue weighted by Crippen LogP contribution is -2.21. The van der Waals surface area contributed by atoms with Gasteiger partial charge in [-0.05, 0) is 56.5 Å². The molecule has 1 aliphatic carbocycles. The fourth-order valence-corrected chi connectivity index (χ4v) is 2.63. The summed E-state index contributed by atoms with van der Waals surface area (Å²) in [5, 5.41) is 3.35. The van der Waals surface area contributed by atoms with Gasteiger partial charge in [-0.1, -0.05) is 12.1 Å². The van der Waals surface area contributed by atoms with Crippen molar-refractivity contribution in [3.05, 3.63) is 29.8 Å². The molecule has 24 heavy (non-hydrogen) atoms. The zero-order chi connectivity index (χ0) is 17.4. The minimum absolute atomic E-state index is 0.0662. The summed E-state index contributed by atoms with van der Waals surface area (Å²) in [7, 11) is 0. The molecular weight excluding hydrogens is 308 g/mol. The smallest absolute Gasteiger partial charge is 0.309 e. The first kappa shape index (κ1) is 18.3. The van der Waals surface area contributed by atoms with Crippen molar-refractivity contribution in [1.29, 1.82) is 0 Å². The quantitative estimate of drug-likeness (QED) is 0.470. The normalized spacial score (nSPS) is 18.9. The van der Waals surface area contributed by atoms with Crippen molar-refractivity contribution in [2.24, 2.45) is 17.6 Å². The number of benzene rings is 1. The summed E-state index contributed by atoms with van der Waals surface area (Å²) < 4.78 is 10.7. The van der Waals surface area contributed by atoms with E-state index in [1.54, 1.807) is 0 Å². The van der Waals surface area contributed by atoms with Gasteiger partial charge in [0, 0.05) is 0 Å². The van der Waals surface area contributed by atoms with Crippen LogP contribution in [0.1, 0.15) is 25.3 Å². The minimum Gasteiger partial charge on any atom is -0.494 e. The summed E-state index contributed by atoms with van der Waals surface area (Å²) in [6.45, 7) is 4.56. The fraction of sp³-hybridized carbons (Fsp3) is 0.556. The van der Waals surface area contributed by atoms with Gasteiger partial charge in [-0.15, -0.1) is 0 Å². The van der Waals surface area contributed by atoms with Crippen molar-refractivity contribution in [1.82, 2.24) is 5.32 Å². The number of esters is 1. The molecule has 0 aromatic heterocycles. The average molecular weight is 334 g/mol. The molecule has 0 radical (unpaired) electrons. The van der Waals surface area contributed by atoms with E-state index in [0.29, 0.717) is 19.1 Å². The Kier molecular flexibility index (Phi) is 7.06. The van der Waals surface area contributed by atoms with E-state index in [-0.39, 0.29) is 24.2 Å². The third kappa shape index (κ3) is 6.20. The molecule has 0 aliphatic heterocycles. The second kappa shape index (κ2) is 9.27. The molecule has 1 saturated carbocycles. The maximum atomic E-state index is 11.5. The fourth-order valence-electron chi connectivity index (χ4n) is 2.63. The molecule has 0 heterocycles. The molecule has 1 aliphatic rings. The highest BCUT2D eigenvalue weighted by Crippen LogP contribution is 2.38. The van der Waals surface area contributed by atoms with Crippen molar-refractivity contribution >= 4 is 11.9 Å². The van der Waals surface area contributed by atoms with Crippen LogP contribution in [0.25, 0.3) is 0 Å². The molecular formula is C18H26N2O4. The van der Waals surface area contributed by atoms with Gasteiger partial charge in [0.25, 0.3) is 0 Å². The van der Waals surface area contributed by atoms with Crippen LogP contribution in [0, 0.1) is 11.8 Å². The average Bonchev–Trinajstić information content (AvgIpc) is 3.30. The Hall–Kier alpha value is -2.08. The van der Waals surface area contributed by atoms with Gasteiger partial charge in [0.15, 0.2) is 0 Å². The Balaban J connectivity index is 1.54. The molecule has 1 fully saturated rings. The van der Waals surface area contributed by atoms with Gasteiger partial charge in [-0.3, -0.25) is 9.59 Å². The number of amides is 1. The Bertz CT molecular complexity index is 562. The number of carbonyl (C=O) groups excluding carboxylic acids is 2. The van der Waals surface area contributed by atoms with Gasteiger partial charge in [-0.25, -0.2) is 0 Å². The number of ether oxygens (including phenoxy) is 2. The topological polar surface area (TPSA) is 90.7 Å². The van der Waals surface area contributed by atoms with Gasteiger partial charge >= 0.3 is 5.97 Å². The third-order valence-electron chi connectivity index (χ3n) is 3.96. The Morgan fingerprint density at radius 1 is 1.38 bits per heavy atom. The number of hydrogen-bond acceptors (Lipinski definition) is 5. The molecule has 2 atom stereocenters. The molecule has 6 nitrogen and oxygen atoms in total. The maximum Gasteiger partial charge on any atom is 0.309 e. The molecule has 3 N–H and O–H groups in total. The lowest BCUT2D eigenvalue weighted by atomic mass is 10.1. The number of primary amides is 1. The number of carbonyl (C=O) groups is 2. The molecule has 0 spiro atoms. The molecule has 6 heteroatoms. The monoisotopic (exact) mass is 334 g/mol. The predicted molar refractivity (Wildman–Crippen MR) is 90.6 cm³/mol. The van der Waals surface area contributed by atoms with Gasteiger partial charge in [0.2, 0.25) is 5.91 Å². The summed E-state index contributed by atoms with van der Waals surface area (Å²) >= 11 is 0. The van der Waals surface area contributed by atoms with E-state index in [9.17, 15) is 9.59 Å². The Morgan fingerprint density at radius 3 is 2.96 bits per heavy atom. The van der Waals surface area contributed by atoms with E-state index < -0.39 is 0 Å². The highest BCUT2D eigenvalue weighted by atomic mass is 16.5. The molecule has 1 aromatic rings. The van der Waals surface area contributed by atoms with Crippen LogP contribution in [-0.4, -0.2) is 38.2 Å². The summed E-state index contributed by atoms with van der Waals surface area (Å²) in [6, 6.07) is 7.42. The molecule has 0 saturated heterocycles. The Morgan fingerprint density at radius 2 is 2.21 bits per heavy atom. The summed E-state index contributed by atoms with van der Waals surface area (Å²) in [4.78, 5) is 22.4. The van der Waals surface area contributed by atoms with Crippen LogP contribution >= 0.6 is 0 Å². The maximum absolute atomic E-state index is 11.5. The SMILES string of the molecule is CCOC(=O)C1CC1CNCCCOc1cccc(CC(N)=O)c1. The van der Waals surface area contributed by atoms with Crippen molar-refractivity contribution in [3.63, 3.8) is 0 Å². The van der Waals surface area contributed by atoms with Crippen LogP contribution < -0.4 is 15.8 Å². The number of rotatable bonds is 11. The summed E-state index contributed by atoms with van der Waals surface area (Å²) in [6.07, 6.45) is 2.02. The number of nitrogens with one attached hydrogen (secondary N) is 1. The van der Waals surface area contributed by atoms with Crippen molar-refractivity contribution in [2.75, 3.05) is 26.3 Å². The second-order valence-corrected chi connectivity index (χ2v) is 6.05. The predicted octanol–water partition coefficient (Wildman–Crippen LogP) is 1.27. The standard InChI is InChI=1S/C18H26N2O4/c1-2-23-18(22)16-11-14(16)12-20-7-4-8-24-15-6-3-5-13(9-15)10-17(19)21/h3,5-6,9,14,16,20H,2,4,7-8,10-12H2,1H3,(H2,19,21). The first-order chi connectivity index (χ1) is 11.6. The molecule has 2 unspecified atom stereocenters. The van der Waals surface area contributed by atoms with Crippen molar-refractivity contribution in [2.45, 2.75) is 26.2 Å². The largest absolute Gasteiger partial charge is 0.494 e. The van der Waals surface area contributed by atoms with E-state index in [0.717, 1.165) is 37.2 Å². The van der Waals surface area contributed by atoms with Crippen molar-refractivity contribution in [3.8, 4) is 5.75 Å². The van der Waals surface area contributed by atoms with Gasteiger partial charge < -0.3 is 20.5 Å². The third-order valence-corrected chi connectivity index (χ3v) is 3.96. The minimum atomic E-state index is -0.349. The van der Waals surface area contributed by atoms with E-state index in [4.69, 9.17) is 15.2 Å². The van der Waals surface area contributed by atoms with Crippen LogP contribution in [0.3, 0.4) is 0 Å². The first-order valence-corrected chi connectivity index (χ1v) is 8.47. The van der Waals surface area contributed by atoms with Crippen molar-refractivity contribution < 1.29 is 19.1 Å². The van der Waals surface area contributed by atoms with Crippen LogP contribution in [0.4, 0.5) is 0 Å². The van der Waals surface area contributed by atoms with Crippen LogP contribution in [0.15, 0.2) is 24.3 Å². The van der Waals surface area contributed by atoms with Gasteiger partial charge in [0.05, 0.1) is 25.6 Å². The highest BCUT2D eigenvalue weighted by Gasteiger charge is 2.43. The van der Waals surface area contributed by atoms with Crippen LogP contribution in [-0.2, 0) is 20.7 Å².